The van der Waals surface area contributed by atoms with Gasteiger partial charge in [-0.25, -0.2) is 0 Å². The molecule has 4 nitrogen and oxygen atoms in total. The van der Waals surface area contributed by atoms with Gasteiger partial charge in [-0.2, -0.15) is 0 Å². The van der Waals surface area contributed by atoms with E-state index in [4.69, 9.17) is 19.6 Å². The molecule has 0 aliphatic heterocycles. The minimum absolute atomic E-state index is 0.438. The van der Waals surface area contributed by atoms with E-state index in [1.54, 1.807) is 6.26 Å². The van der Waals surface area contributed by atoms with Crippen LogP contribution in [0.25, 0.3) is 0 Å². The van der Waals surface area contributed by atoms with E-state index in [0.717, 1.165) is 17.1 Å². The van der Waals surface area contributed by atoms with Crippen LogP contribution in [0.2, 0.25) is 0 Å². The van der Waals surface area contributed by atoms with Crippen molar-refractivity contribution in [3.63, 3.8) is 0 Å². The first-order valence-corrected chi connectivity index (χ1v) is 5.91. The Labute approximate surface area is 106 Å². The normalized spacial score (nSPS) is 10.5. The molecule has 0 aliphatic rings. The van der Waals surface area contributed by atoms with E-state index in [0.29, 0.717) is 25.5 Å². The number of ether oxygens (including phenoxy) is 2. The highest BCUT2D eigenvalue weighted by molar-refractivity contribution is 5.47. The van der Waals surface area contributed by atoms with Crippen LogP contribution in [0, 0.1) is 0 Å². The van der Waals surface area contributed by atoms with Crippen molar-refractivity contribution in [2.24, 2.45) is 0 Å². The van der Waals surface area contributed by atoms with Crippen LogP contribution in [0.15, 0.2) is 41.0 Å². The Hall–Kier alpha value is -1.94. The van der Waals surface area contributed by atoms with Crippen molar-refractivity contribution in [1.29, 1.82) is 0 Å². The third-order valence-corrected chi connectivity index (χ3v) is 2.47. The van der Waals surface area contributed by atoms with Gasteiger partial charge in [-0.15, -0.1) is 0 Å². The van der Waals surface area contributed by atoms with Crippen molar-refractivity contribution in [3.8, 4) is 5.75 Å². The summed E-state index contributed by atoms with van der Waals surface area (Å²) in [5, 5.41) is 0. The molecule has 0 saturated heterocycles. The van der Waals surface area contributed by atoms with Crippen LogP contribution in [-0.4, -0.2) is 6.61 Å². The van der Waals surface area contributed by atoms with Gasteiger partial charge < -0.3 is 19.6 Å². The molecule has 1 aromatic carbocycles. The first-order chi connectivity index (χ1) is 8.79. The quantitative estimate of drug-likeness (QED) is 0.797. The van der Waals surface area contributed by atoms with Crippen LogP contribution in [-0.2, 0) is 18.0 Å². The van der Waals surface area contributed by atoms with Gasteiger partial charge in [-0.05, 0) is 37.3 Å². The maximum atomic E-state index is 5.76. The van der Waals surface area contributed by atoms with E-state index in [2.05, 4.69) is 0 Å². The van der Waals surface area contributed by atoms with Crippen LogP contribution in [0.3, 0.4) is 0 Å². The van der Waals surface area contributed by atoms with Gasteiger partial charge in [0.2, 0.25) is 0 Å². The van der Waals surface area contributed by atoms with E-state index >= 15 is 0 Å². The molecule has 0 aliphatic carbocycles. The summed E-state index contributed by atoms with van der Waals surface area (Å²) in [7, 11) is 0. The summed E-state index contributed by atoms with van der Waals surface area (Å²) in [4.78, 5) is 0. The fourth-order valence-electron chi connectivity index (χ4n) is 1.66. The molecule has 18 heavy (non-hydrogen) atoms. The zero-order valence-corrected chi connectivity index (χ0v) is 10.4. The van der Waals surface area contributed by atoms with E-state index in [9.17, 15) is 0 Å². The molecule has 1 heterocycles. The molecule has 0 unspecified atom stereocenters. The van der Waals surface area contributed by atoms with Crippen LogP contribution in [0.4, 0.5) is 5.69 Å². The van der Waals surface area contributed by atoms with Gasteiger partial charge in [0.25, 0.3) is 0 Å². The minimum Gasteiger partial charge on any atom is -0.494 e. The van der Waals surface area contributed by atoms with Crippen molar-refractivity contribution in [2.75, 3.05) is 12.3 Å². The third kappa shape index (κ3) is 3.28. The standard InChI is InChI=1S/C14H17NO3/c1-2-17-14-6-5-12(15)8-11(14)9-16-10-13-4-3-7-18-13/h3-8H,2,9-10,15H2,1H3. The van der Waals surface area contributed by atoms with E-state index in [-0.39, 0.29) is 0 Å². The maximum absolute atomic E-state index is 5.76. The summed E-state index contributed by atoms with van der Waals surface area (Å²) < 4.78 is 16.3. The molecule has 0 atom stereocenters. The average molecular weight is 247 g/mol. The lowest BCUT2D eigenvalue weighted by atomic mass is 10.2. The molecule has 0 saturated carbocycles. The lowest BCUT2D eigenvalue weighted by molar-refractivity contribution is 0.0910. The minimum atomic E-state index is 0.438. The largest absolute Gasteiger partial charge is 0.494 e. The first-order valence-electron chi connectivity index (χ1n) is 5.91. The molecule has 1 aromatic heterocycles. The second-order valence-electron chi connectivity index (χ2n) is 3.87. The van der Waals surface area contributed by atoms with Crippen molar-refractivity contribution in [3.05, 3.63) is 47.9 Å². The van der Waals surface area contributed by atoms with Gasteiger partial charge in [0, 0.05) is 11.3 Å². The molecule has 0 amide bonds. The van der Waals surface area contributed by atoms with Gasteiger partial charge in [-0.1, -0.05) is 0 Å². The van der Waals surface area contributed by atoms with Crippen LogP contribution in [0.5, 0.6) is 5.75 Å². The monoisotopic (exact) mass is 247 g/mol. The Kier molecular flexibility index (Phi) is 4.25. The molecule has 4 heteroatoms. The van der Waals surface area contributed by atoms with Crippen molar-refractivity contribution in [2.45, 2.75) is 20.1 Å². The molecular weight excluding hydrogens is 230 g/mol. The number of nitrogen functional groups attached to an aromatic ring is 1. The second kappa shape index (κ2) is 6.12. The number of rotatable bonds is 6. The van der Waals surface area contributed by atoms with E-state index < -0.39 is 0 Å². The van der Waals surface area contributed by atoms with Gasteiger partial charge in [0.15, 0.2) is 0 Å². The zero-order chi connectivity index (χ0) is 12.8. The summed E-state index contributed by atoms with van der Waals surface area (Å²) in [6.45, 7) is 3.45. The van der Waals surface area contributed by atoms with Crippen LogP contribution < -0.4 is 10.5 Å². The molecule has 96 valence electrons. The maximum Gasteiger partial charge on any atom is 0.129 e. The predicted molar refractivity (Wildman–Crippen MR) is 69.2 cm³/mol. The summed E-state index contributed by atoms with van der Waals surface area (Å²) in [5.41, 5.74) is 7.41. The molecular formula is C14H17NO3. The number of hydrogen-bond acceptors (Lipinski definition) is 4. The Bertz CT molecular complexity index is 480. The zero-order valence-electron chi connectivity index (χ0n) is 10.4. The number of hydrogen-bond donors (Lipinski definition) is 1. The number of anilines is 1. The lowest BCUT2D eigenvalue weighted by Gasteiger charge is -2.11. The van der Waals surface area contributed by atoms with Gasteiger partial charge in [-0.3, -0.25) is 0 Å². The SMILES string of the molecule is CCOc1ccc(N)cc1COCc1ccco1. The molecule has 0 bridgehead atoms. The molecule has 0 spiro atoms. The first kappa shape index (κ1) is 12.5. The third-order valence-electron chi connectivity index (χ3n) is 2.47. The van der Waals surface area contributed by atoms with Gasteiger partial charge in [0.1, 0.15) is 18.1 Å². The Morgan fingerprint density at radius 1 is 1.22 bits per heavy atom. The van der Waals surface area contributed by atoms with Gasteiger partial charge >= 0.3 is 0 Å². The fraction of sp³-hybridized carbons (Fsp3) is 0.286. The van der Waals surface area contributed by atoms with Crippen LogP contribution in [0.1, 0.15) is 18.2 Å². The van der Waals surface area contributed by atoms with E-state index in [1.165, 1.54) is 0 Å². The van der Waals surface area contributed by atoms with Gasteiger partial charge in [0.05, 0.1) is 19.5 Å². The second-order valence-corrected chi connectivity index (χ2v) is 3.87. The Balaban J connectivity index is 1.96. The summed E-state index contributed by atoms with van der Waals surface area (Å²) in [6.07, 6.45) is 1.63. The molecule has 0 radical (unpaired) electrons. The summed E-state index contributed by atoms with van der Waals surface area (Å²) >= 11 is 0. The Morgan fingerprint density at radius 2 is 2.11 bits per heavy atom. The lowest BCUT2D eigenvalue weighted by Crippen LogP contribution is -2.00. The molecule has 0 fully saturated rings. The van der Waals surface area contributed by atoms with Crippen molar-refractivity contribution < 1.29 is 13.9 Å². The summed E-state index contributed by atoms with van der Waals surface area (Å²) in [5.74, 6) is 1.61. The molecule has 2 N–H and O–H groups in total. The number of furan rings is 1. The Morgan fingerprint density at radius 3 is 2.83 bits per heavy atom. The number of benzene rings is 1. The highest BCUT2D eigenvalue weighted by Crippen LogP contribution is 2.22. The highest BCUT2D eigenvalue weighted by atomic mass is 16.5. The molecule has 2 rings (SSSR count). The predicted octanol–water partition coefficient (Wildman–Crippen LogP) is 2.98. The van der Waals surface area contributed by atoms with Crippen molar-refractivity contribution in [1.82, 2.24) is 0 Å². The van der Waals surface area contributed by atoms with Crippen LogP contribution >= 0.6 is 0 Å². The smallest absolute Gasteiger partial charge is 0.129 e. The molecule has 2 aromatic rings. The van der Waals surface area contributed by atoms with Crippen molar-refractivity contribution >= 4 is 5.69 Å². The topological polar surface area (TPSA) is 57.6 Å². The summed E-state index contributed by atoms with van der Waals surface area (Å²) in [6, 6.07) is 9.27. The highest BCUT2D eigenvalue weighted by Gasteiger charge is 2.05. The average Bonchev–Trinajstić information content (AvgIpc) is 2.86. The fourth-order valence-corrected chi connectivity index (χ4v) is 1.66. The van der Waals surface area contributed by atoms with E-state index in [1.807, 2.05) is 37.3 Å². The number of nitrogens with two attached hydrogens (primary N) is 1.